The van der Waals surface area contributed by atoms with Gasteiger partial charge in [-0.3, -0.25) is 4.98 Å². The van der Waals surface area contributed by atoms with Gasteiger partial charge in [-0.25, -0.2) is 4.98 Å². The zero-order chi connectivity index (χ0) is 14.8. The third-order valence-corrected chi connectivity index (χ3v) is 2.91. The standard InChI is InChI=1S/C13H11ClF3N3/c1-8-6-18-3-2-9(8)7-19-12-5-10(13(15,16)17)4-11(14)20-12/h2-6H,7H2,1H3,(H,19,20). The molecule has 0 aliphatic heterocycles. The number of halogens is 4. The highest BCUT2D eigenvalue weighted by Crippen LogP contribution is 2.32. The Labute approximate surface area is 118 Å². The molecular formula is C13H11ClF3N3. The zero-order valence-corrected chi connectivity index (χ0v) is 11.3. The topological polar surface area (TPSA) is 37.8 Å². The molecule has 0 amide bonds. The molecule has 0 fully saturated rings. The lowest BCUT2D eigenvalue weighted by Gasteiger charge is -2.11. The molecule has 2 rings (SSSR count). The summed E-state index contributed by atoms with van der Waals surface area (Å²) in [7, 11) is 0. The van der Waals surface area contributed by atoms with Crippen molar-refractivity contribution in [3.8, 4) is 0 Å². The second kappa shape index (κ2) is 5.66. The Morgan fingerprint density at radius 1 is 1.30 bits per heavy atom. The van der Waals surface area contributed by atoms with E-state index in [0.29, 0.717) is 6.54 Å². The van der Waals surface area contributed by atoms with Crippen molar-refractivity contribution in [2.45, 2.75) is 19.6 Å². The van der Waals surface area contributed by atoms with E-state index >= 15 is 0 Å². The van der Waals surface area contributed by atoms with Crippen LogP contribution in [-0.4, -0.2) is 9.97 Å². The van der Waals surface area contributed by atoms with Gasteiger partial charge in [-0.2, -0.15) is 13.2 Å². The second-order valence-electron chi connectivity index (χ2n) is 4.22. The second-order valence-corrected chi connectivity index (χ2v) is 4.60. The van der Waals surface area contributed by atoms with Crippen molar-refractivity contribution < 1.29 is 13.2 Å². The zero-order valence-electron chi connectivity index (χ0n) is 10.5. The maximum Gasteiger partial charge on any atom is 0.416 e. The summed E-state index contributed by atoms with van der Waals surface area (Å²) in [5.41, 5.74) is 1.04. The lowest BCUT2D eigenvalue weighted by molar-refractivity contribution is -0.137. The number of hydrogen-bond donors (Lipinski definition) is 1. The van der Waals surface area contributed by atoms with E-state index < -0.39 is 11.7 Å². The van der Waals surface area contributed by atoms with Gasteiger partial charge in [0, 0.05) is 18.9 Å². The molecule has 2 aromatic rings. The van der Waals surface area contributed by atoms with Gasteiger partial charge < -0.3 is 5.32 Å². The van der Waals surface area contributed by atoms with Gasteiger partial charge in [-0.05, 0) is 36.2 Å². The molecule has 0 unspecified atom stereocenters. The van der Waals surface area contributed by atoms with Crippen LogP contribution in [0.1, 0.15) is 16.7 Å². The first-order valence-corrected chi connectivity index (χ1v) is 6.12. The van der Waals surface area contributed by atoms with E-state index in [1.165, 1.54) is 0 Å². The highest BCUT2D eigenvalue weighted by molar-refractivity contribution is 6.29. The molecule has 0 aromatic carbocycles. The minimum Gasteiger partial charge on any atom is -0.366 e. The Kier molecular flexibility index (Phi) is 4.13. The summed E-state index contributed by atoms with van der Waals surface area (Å²) in [6.07, 6.45) is -1.14. The fourth-order valence-electron chi connectivity index (χ4n) is 1.64. The first-order chi connectivity index (χ1) is 9.36. The molecule has 0 spiro atoms. The smallest absolute Gasteiger partial charge is 0.366 e. The Morgan fingerprint density at radius 3 is 2.70 bits per heavy atom. The normalized spacial score (nSPS) is 11.4. The summed E-state index contributed by atoms with van der Waals surface area (Å²) < 4.78 is 38.0. The molecule has 0 aliphatic carbocycles. The minimum absolute atomic E-state index is 0.0843. The number of hydrogen-bond acceptors (Lipinski definition) is 3. The number of anilines is 1. The fraction of sp³-hybridized carbons (Fsp3) is 0.231. The van der Waals surface area contributed by atoms with Crippen molar-refractivity contribution in [3.63, 3.8) is 0 Å². The molecule has 0 bridgehead atoms. The lowest BCUT2D eigenvalue weighted by atomic mass is 10.1. The maximum atomic E-state index is 12.7. The van der Waals surface area contributed by atoms with Gasteiger partial charge in [0.15, 0.2) is 0 Å². The number of aromatic nitrogens is 2. The quantitative estimate of drug-likeness (QED) is 0.868. The van der Waals surface area contributed by atoms with Gasteiger partial charge in [0.25, 0.3) is 0 Å². The predicted molar refractivity (Wildman–Crippen MR) is 70.5 cm³/mol. The van der Waals surface area contributed by atoms with Gasteiger partial charge in [-0.15, -0.1) is 0 Å². The summed E-state index contributed by atoms with van der Waals surface area (Å²) in [6.45, 7) is 2.22. The monoisotopic (exact) mass is 301 g/mol. The van der Waals surface area contributed by atoms with Crippen LogP contribution in [0.4, 0.5) is 19.0 Å². The number of nitrogens with zero attached hydrogens (tertiary/aromatic N) is 2. The third kappa shape index (κ3) is 3.60. The lowest BCUT2D eigenvalue weighted by Crippen LogP contribution is -2.08. The minimum atomic E-state index is -4.45. The average molecular weight is 302 g/mol. The van der Waals surface area contributed by atoms with Crippen molar-refractivity contribution in [2.24, 2.45) is 0 Å². The van der Waals surface area contributed by atoms with Crippen LogP contribution in [0.15, 0.2) is 30.6 Å². The van der Waals surface area contributed by atoms with Gasteiger partial charge >= 0.3 is 6.18 Å². The summed E-state index contributed by atoms with van der Waals surface area (Å²) in [5.74, 6) is 0.0843. The fourth-order valence-corrected chi connectivity index (χ4v) is 1.85. The molecule has 106 valence electrons. The van der Waals surface area contributed by atoms with Crippen LogP contribution in [0.2, 0.25) is 5.15 Å². The average Bonchev–Trinajstić information content (AvgIpc) is 2.36. The molecule has 0 saturated carbocycles. The first kappa shape index (κ1) is 14.6. The molecule has 0 atom stereocenters. The van der Waals surface area contributed by atoms with Crippen LogP contribution >= 0.6 is 11.6 Å². The number of nitrogens with one attached hydrogen (secondary N) is 1. The molecule has 0 radical (unpaired) electrons. The van der Waals surface area contributed by atoms with Crippen molar-refractivity contribution in [1.29, 1.82) is 0 Å². The van der Waals surface area contributed by atoms with Crippen molar-refractivity contribution >= 4 is 17.4 Å². The van der Waals surface area contributed by atoms with Gasteiger partial charge in [-0.1, -0.05) is 11.6 Å². The summed E-state index contributed by atoms with van der Waals surface area (Å²) in [6, 6.07) is 3.52. The largest absolute Gasteiger partial charge is 0.416 e. The van der Waals surface area contributed by atoms with Gasteiger partial charge in [0.05, 0.1) is 5.56 Å². The Balaban J connectivity index is 2.18. The van der Waals surface area contributed by atoms with E-state index in [4.69, 9.17) is 11.6 Å². The van der Waals surface area contributed by atoms with Gasteiger partial charge in [0.1, 0.15) is 11.0 Å². The maximum absolute atomic E-state index is 12.7. The van der Waals surface area contributed by atoms with E-state index in [1.807, 2.05) is 6.92 Å². The predicted octanol–water partition coefficient (Wildman–Crippen LogP) is 4.07. The number of rotatable bonds is 3. The first-order valence-electron chi connectivity index (χ1n) is 5.74. The molecular weight excluding hydrogens is 291 g/mol. The molecule has 1 N–H and O–H groups in total. The number of alkyl halides is 3. The Bertz CT molecular complexity index is 614. The number of pyridine rings is 2. The van der Waals surface area contributed by atoms with E-state index in [9.17, 15) is 13.2 Å². The molecule has 2 aromatic heterocycles. The molecule has 0 saturated heterocycles. The van der Waals surface area contributed by atoms with Gasteiger partial charge in [0.2, 0.25) is 0 Å². The van der Waals surface area contributed by atoms with E-state index in [-0.39, 0.29) is 11.0 Å². The van der Waals surface area contributed by atoms with E-state index in [0.717, 1.165) is 23.3 Å². The molecule has 2 heterocycles. The van der Waals surface area contributed by atoms with E-state index in [2.05, 4.69) is 15.3 Å². The van der Waals surface area contributed by atoms with Crippen molar-refractivity contribution in [2.75, 3.05) is 5.32 Å². The molecule has 20 heavy (non-hydrogen) atoms. The SMILES string of the molecule is Cc1cnccc1CNc1cc(C(F)(F)F)cc(Cl)n1. The Hall–Kier alpha value is -1.82. The van der Waals surface area contributed by atoms with Crippen molar-refractivity contribution in [3.05, 3.63) is 52.4 Å². The molecule has 3 nitrogen and oxygen atoms in total. The number of aryl methyl sites for hydroxylation is 1. The van der Waals surface area contributed by atoms with Crippen LogP contribution in [0.3, 0.4) is 0 Å². The van der Waals surface area contributed by atoms with Crippen LogP contribution in [0, 0.1) is 6.92 Å². The van der Waals surface area contributed by atoms with Crippen molar-refractivity contribution in [1.82, 2.24) is 9.97 Å². The van der Waals surface area contributed by atoms with Crippen LogP contribution in [0.5, 0.6) is 0 Å². The highest BCUT2D eigenvalue weighted by Gasteiger charge is 2.31. The van der Waals surface area contributed by atoms with Crippen LogP contribution in [0.25, 0.3) is 0 Å². The molecule has 7 heteroatoms. The summed E-state index contributed by atoms with van der Waals surface area (Å²) in [5, 5.41) is 2.63. The van der Waals surface area contributed by atoms with Crippen LogP contribution < -0.4 is 5.32 Å². The molecule has 0 aliphatic rings. The summed E-state index contributed by atoms with van der Waals surface area (Å²) in [4.78, 5) is 7.78. The third-order valence-electron chi connectivity index (χ3n) is 2.72. The highest BCUT2D eigenvalue weighted by atomic mass is 35.5. The Morgan fingerprint density at radius 2 is 2.05 bits per heavy atom. The van der Waals surface area contributed by atoms with E-state index in [1.54, 1.807) is 18.5 Å². The van der Waals surface area contributed by atoms with Crippen LogP contribution in [-0.2, 0) is 12.7 Å². The summed E-state index contributed by atoms with van der Waals surface area (Å²) >= 11 is 5.61.